The van der Waals surface area contributed by atoms with E-state index in [1.165, 1.54) is 19.1 Å². The molecule has 0 saturated heterocycles. The van der Waals surface area contributed by atoms with Crippen molar-refractivity contribution >= 4 is 0 Å². The van der Waals surface area contributed by atoms with Gasteiger partial charge in [-0.25, -0.2) is 9.67 Å². The summed E-state index contributed by atoms with van der Waals surface area (Å²) in [4.78, 5) is 3.65. The van der Waals surface area contributed by atoms with Crippen molar-refractivity contribution in [2.24, 2.45) is 0 Å². The molecular weight excluding hydrogens is 286 g/mol. The van der Waals surface area contributed by atoms with Crippen molar-refractivity contribution in [2.45, 2.75) is 51.7 Å². The fourth-order valence-corrected chi connectivity index (χ4v) is 1.74. The van der Waals surface area contributed by atoms with Gasteiger partial charge in [0, 0.05) is 16.4 Å². The van der Waals surface area contributed by atoms with E-state index in [0.29, 0.717) is 22.9 Å². The lowest BCUT2D eigenvalue weighted by molar-refractivity contribution is 0.644. The summed E-state index contributed by atoms with van der Waals surface area (Å²) in [6, 6.07) is 4.27. The summed E-state index contributed by atoms with van der Waals surface area (Å²) in [7, 11) is 0. The molecule has 5 nitrogen and oxygen atoms in total. The van der Waals surface area contributed by atoms with Gasteiger partial charge in [-0.1, -0.05) is 18.2 Å². The van der Waals surface area contributed by atoms with Gasteiger partial charge in [0.15, 0.2) is 0 Å². The quantitative estimate of drug-likeness (QED) is 0.865. The molecule has 0 N–H and O–H groups in total. The van der Waals surface area contributed by atoms with Crippen LogP contribution >= 0.6 is 0 Å². The van der Waals surface area contributed by atoms with Crippen molar-refractivity contribution in [1.29, 1.82) is 10.5 Å². The molecule has 0 spiro atoms. The second-order valence-corrected chi connectivity index (χ2v) is 4.81. The van der Waals surface area contributed by atoms with Crippen LogP contribution in [0, 0.1) is 29.6 Å². The van der Waals surface area contributed by atoms with E-state index in [-0.39, 0.29) is 5.82 Å². The maximum atomic E-state index is 9.92. The molecule has 0 saturated carbocycles. The fraction of sp³-hybridized carbons (Fsp3) is 0.444. The Morgan fingerprint density at radius 1 is 1.17 bits per heavy atom. The van der Waals surface area contributed by atoms with Gasteiger partial charge in [-0.15, -0.1) is 0 Å². The zero-order valence-electron chi connectivity index (χ0n) is 27.0. The third-order valence-electron chi connectivity index (χ3n) is 2.92. The van der Waals surface area contributed by atoms with E-state index in [4.69, 9.17) is 20.6 Å². The first-order chi connectivity index (χ1) is 16.8. The van der Waals surface area contributed by atoms with Crippen LogP contribution in [0.4, 0.5) is 0 Å². The molecule has 1 aromatic heterocycles. The van der Waals surface area contributed by atoms with Crippen molar-refractivity contribution in [3.05, 3.63) is 47.0 Å². The van der Waals surface area contributed by atoms with Crippen LogP contribution in [0.2, 0.25) is 0 Å². The van der Waals surface area contributed by atoms with Crippen LogP contribution in [0.3, 0.4) is 0 Å². The molecule has 0 radical (unpaired) electrons. The Kier molecular flexibility index (Phi) is 1.47. The third-order valence-corrected chi connectivity index (χ3v) is 2.92. The first-order valence-corrected chi connectivity index (χ1v) is 6.25. The molecular formula is C18H21N5. The maximum Gasteiger partial charge on any atom is 0.147 e. The summed E-state index contributed by atoms with van der Waals surface area (Å²) >= 11 is 0. The molecule has 0 unspecified atom stereocenters. The summed E-state index contributed by atoms with van der Waals surface area (Å²) in [5.74, 6) is -0.0667. The Labute approximate surface area is 158 Å². The van der Waals surface area contributed by atoms with Gasteiger partial charge in [-0.2, -0.15) is 15.6 Å². The molecule has 0 aliphatic heterocycles. The van der Waals surface area contributed by atoms with Gasteiger partial charge in [-0.05, 0) is 51.0 Å². The van der Waals surface area contributed by atoms with E-state index < -0.39 is 67.7 Å². The second kappa shape index (κ2) is 5.85. The third kappa shape index (κ3) is 3.57. The van der Waals surface area contributed by atoms with Crippen LogP contribution < -0.4 is 0 Å². The lowest BCUT2D eigenvalue weighted by Gasteiger charge is -2.23. The van der Waals surface area contributed by atoms with Gasteiger partial charge in [-0.3, -0.25) is 0 Å². The Hall–Kier alpha value is -2.66. The standard InChI is InChI=1S/C18H21N5/c1-13-21-12-23(22-13)9-14-6-15(17(2,3)10-19)8-16(7-14)18(4,5)11-20/h6-8,12H,9H2,1-5H3/i2D3,3D3,4D3,5D3,9D2,12D. The summed E-state index contributed by atoms with van der Waals surface area (Å²) in [5.41, 5.74) is -9.55. The molecule has 1 aromatic carbocycles. The molecule has 0 aliphatic carbocycles. The number of benzene rings is 1. The number of aryl methyl sites for hydroxylation is 1. The molecule has 5 heteroatoms. The van der Waals surface area contributed by atoms with Crippen LogP contribution in [0.1, 0.15) is 70.5 Å². The monoisotopic (exact) mass is 322 g/mol. The summed E-state index contributed by atoms with van der Waals surface area (Å²) in [6.45, 7) is -16.2. The van der Waals surface area contributed by atoms with Crippen LogP contribution in [-0.4, -0.2) is 14.8 Å². The van der Waals surface area contributed by atoms with Crippen LogP contribution in [0.25, 0.3) is 0 Å². The van der Waals surface area contributed by atoms with Gasteiger partial charge in [0.05, 0.1) is 32.2 Å². The van der Waals surface area contributed by atoms with E-state index in [1.54, 1.807) is 0 Å². The normalized spacial score (nSPS) is 24.2. The first-order valence-electron chi connectivity index (χ1n) is 13.7. The average Bonchev–Trinajstić information content (AvgIpc) is 3.04. The number of hydrogen-bond acceptors (Lipinski definition) is 4. The smallest absolute Gasteiger partial charge is 0.147 e. The minimum Gasteiger partial charge on any atom is -0.248 e. The summed E-state index contributed by atoms with van der Waals surface area (Å²) in [6.07, 6.45) is -0.740. The van der Waals surface area contributed by atoms with Crippen LogP contribution in [0.15, 0.2) is 24.5 Å². The predicted octanol–water partition coefficient (Wildman–Crippen LogP) is 3.24. The van der Waals surface area contributed by atoms with Gasteiger partial charge in [0.1, 0.15) is 13.5 Å². The number of nitrogens with zero attached hydrogens (tertiary/aromatic N) is 5. The SMILES string of the molecule is [2H]c1nc(C)nn1C([2H])([2H])c1cc(C(C#N)(C([2H])([2H])[2H])C([2H])([2H])[2H])cc(C(C#N)(C([2H])([2H])[2H])C([2H])([2H])[2H])c1. The Bertz CT molecular complexity index is 1200. The highest BCUT2D eigenvalue weighted by atomic mass is 15.3. The summed E-state index contributed by atoms with van der Waals surface area (Å²) in [5, 5.41) is 23.6. The molecule has 2 rings (SSSR count). The number of nitriles is 2. The second-order valence-electron chi connectivity index (χ2n) is 4.81. The van der Waals surface area contributed by atoms with Crippen molar-refractivity contribution < 1.29 is 20.6 Å². The zero-order valence-corrected chi connectivity index (χ0v) is 12.0. The highest BCUT2D eigenvalue weighted by Gasteiger charge is 2.26. The van der Waals surface area contributed by atoms with E-state index in [1.807, 2.05) is 0 Å². The van der Waals surface area contributed by atoms with Gasteiger partial charge < -0.3 is 0 Å². The van der Waals surface area contributed by atoms with Crippen molar-refractivity contribution in [2.75, 3.05) is 0 Å². The van der Waals surface area contributed by atoms with Crippen molar-refractivity contribution in [3.8, 4) is 12.1 Å². The Balaban J connectivity index is 3.27. The first kappa shape index (κ1) is 5.76. The Morgan fingerprint density at radius 3 is 2.13 bits per heavy atom. The lowest BCUT2D eigenvalue weighted by atomic mass is 9.79. The predicted molar refractivity (Wildman–Crippen MR) is 87.6 cm³/mol. The average molecular weight is 322 g/mol. The topological polar surface area (TPSA) is 78.3 Å². The number of aromatic nitrogens is 3. The molecule has 118 valence electrons. The maximum absolute atomic E-state index is 9.92. The molecule has 0 atom stereocenters. The molecule has 0 fully saturated rings. The molecule has 23 heavy (non-hydrogen) atoms. The van der Waals surface area contributed by atoms with Crippen molar-refractivity contribution in [1.82, 2.24) is 14.8 Å². The fourth-order valence-electron chi connectivity index (χ4n) is 1.74. The van der Waals surface area contributed by atoms with Gasteiger partial charge >= 0.3 is 0 Å². The van der Waals surface area contributed by atoms with E-state index in [0.717, 1.165) is 0 Å². The van der Waals surface area contributed by atoms with Gasteiger partial charge in [0.25, 0.3) is 0 Å². The lowest BCUT2D eigenvalue weighted by Crippen LogP contribution is -2.20. The molecule has 0 amide bonds. The highest BCUT2D eigenvalue weighted by molar-refractivity contribution is 5.42. The van der Waals surface area contributed by atoms with E-state index in [9.17, 15) is 10.5 Å². The largest absolute Gasteiger partial charge is 0.248 e. The number of rotatable bonds is 4. The van der Waals surface area contributed by atoms with Gasteiger partial charge in [0.2, 0.25) is 0 Å². The molecule has 0 aliphatic rings. The van der Waals surface area contributed by atoms with Crippen molar-refractivity contribution in [3.63, 3.8) is 0 Å². The van der Waals surface area contributed by atoms with E-state index in [2.05, 4.69) is 10.1 Å². The number of hydrogen-bond donors (Lipinski definition) is 0. The van der Waals surface area contributed by atoms with Crippen LogP contribution in [0.5, 0.6) is 0 Å². The molecule has 1 heterocycles. The molecule has 0 bridgehead atoms. The summed E-state index contributed by atoms with van der Waals surface area (Å²) < 4.78 is 120. The highest BCUT2D eigenvalue weighted by Crippen LogP contribution is 2.30. The zero-order chi connectivity index (χ0) is 29.9. The molecule has 2 aromatic rings. The minimum atomic E-state index is -3.63. The van der Waals surface area contributed by atoms with E-state index >= 15 is 0 Å². The Morgan fingerprint density at radius 2 is 1.74 bits per heavy atom. The van der Waals surface area contributed by atoms with Crippen LogP contribution in [-0.2, 0) is 17.3 Å². The minimum absolute atomic E-state index is 0.0667.